The smallest absolute Gasteiger partial charge is 0.290 e. The van der Waals surface area contributed by atoms with Gasteiger partial charge in [0, 0.05) is 49.9 Å². The first kappa shape index (κ1) is 25.4. The van der Waals surface area contributed by atoms with Gasteiger partial charge in [0.05, 0.1) is 18.9 Å². The van der Waals surface area contributed by atoms with Crippen LogP contribution in [0.1, 0.15) is 17.0 Å². The molecule has 5 rings (SSSR count). The van der Waals surface area contributed by atoms with Crippen molar-refractivity contribution in [1.29, 1.82) is 0 Å². The molecule has 0 spiro atoms. The number of hydrogen-bond donors (Lipinski definition) is 2. The molecule has 0 aromatic carbocycles. The summed E-state index contributed by atoms with van der Waals surface area (Å²) in [6.07, 6.45) is 2.84. The standard InChI is InChI=1S/C20H30N4O2S.2CH2O2/c1-22(2)10-14-15-11-24(12-16(14)15)19(25)13-3-4-18-17(9-13)21-20(27-18)23-5-7-26-8-6-23;2*2-1-3/h13-16H,3-12H2,1-2H3;2*1H,(H,2,3)/t13?,14?,15-,16+;;. The maximum Gasteiger partial charge on any atom is 0.290 e. The van der Waals surface area contributed by atoms with Crippen LogP contribution < -0.4 is 4.90 Å². The average Bonchev–Trinajstić information content (AvgIpc) is 3.15. The molecule has 11 heteroatoms. The van der Waals surface area contributed by atoms with Gasteiger partial charge in [-0.15, -0.1) is 11.3 Å². The normalized spacial score (nSPS) is 27.4. The zero-order valence-corrected chi connectivity index (χ0v) is 20.1. The molecule has 2 saturated heterocycles. The zero-order chi connectivity index (χ0) is 24.0. The predicted octanol–water partition coefficient (Wildman–Crippen LogP) is 0.752. The number of piperidine rings is 1. The maximum absolute atomic E-state index is 13.1. The van der Waals surface area contributed by atoms with E-state index in [0.717, 1.165) is 81.5 Å². The van der Waals surface area contributed by atoms with Crippen LogP contribution in [-0.2, 0) is 32.0 Å². The van der Waals surface area contributed by atoms with Gasteiger partial charge in [-0.2, -0.15) is 0 Å². The molecule has 1 amide bonds. The number of carbonyl (C=O) groups excluding carboxylic acids is 1. The Morgan fingerprint density at radius 2 is 1.79 bits per heavy atom. The van der Waals surface area contributed by atoms with Crippen LogP contribution in [-0.4, -0.2) is 104 Å². The van der Waals surface area contributed by atoms with Crippen molar-refractivity contribution >= 4 is 35.3 Å². The van der Waals surface area contributed by atoms with Gasteiger partial charge >= 0.3 is 0 Å². The molecule has 2 N–H and O–H groups in total. The van der Waals surface area contributed by atoms with Crippen LogP contribution >= 0.6 is 11.3 Å². The van der Waals surface area contributed by atoms with Crippen molar-refractivity contribution < 1.29 is 29.3 Å². The molecule has 184 valence electrons. The number of carboxylic acid groups (broad SMARTS) is 2. The summed E-state index contributed by atoms with van der Waals surface area (Å²) >= 11 is 1.83. The van der Waals surface area contributed by atoms with Gasteiger partial charge in [-0.05, 0) is 44.7 Å². The number of ether oxygens (including phenoxy) is 1. The van der Waals surface area contributed by atoms with Gasteiger partial charge in [0.25, 0.3) is 12.9 Å². The van der Waals surface area contributed by atoms with Crippen LogP contribution in [0, 0.1) is 23.7 Å². The molecule has 3 fully saturated rings. The van der Waals surface area contributed by atoms with Gasteiger partial charge in [-0.3, -0.25) is 14.4 Å². The third kappa shape index (κ3) is 6.21. The molecule has 2 unspecified atom stereocenters. The molecular weight excluding hydrogens is 448 g/mol. The van der Waals surface area contributed by atoms with Crippen molar-refractivity contribution in [3.63, 3.8) is 0 Å². The minimum Gasteiger partial charge on any atom is -0.483 e. The maximum atomic E-state index is 13.1. The molecule has 3 heterocycles. The van der Waals surface area contributed by atoms with Crippen molar-refractivity contribution in [2.75, 3.05) is 64.9 Å². The number of aryl methyl sites for hydroxylation is 1. The Kier molecular flexibility index (Phi) is 9.04. The highest BCUT2D eigenvalue weighted by Crippen LogP contribution is 2.52. The number of morpholine rings is 1. The van der Waals surface area contributed by atoms with Gasteiger partial charge < -0.3 is 29.6 Å². The van der Waals surface area contributed by atoms with Gasteiger partial charge in [0.2, 0.25) is 5.91 Å². The largest absolute Gasteiger partial charge is 0.483 e. The molecule has 2 aliphatic heterocycles. The third-order valence-corrected chi connectivity index (χ3v) is 8.03. The Labute approximate surface area is 198 Å². The number of nitrogens with zero attached hydrogens (tertiary/aromatic N) is 4. The van der Waals surface area contributed by atoms with Gasteiger partial charge in [-0.25, -0.2) is 4.98 Å². The van der Waals surface area contributed by atoms with Crippen molar-refractivity contribution in [3.8, 4) is 0 Å². The Morgan fingerprint density at radius 3 is 2.36 bits per heavy atom. The molecule has 33 heavy (non-hydrogen) atoms. The van der Waals surface area contributed by atoms with E-state index in [1.165, 1.54) is 17.1 Å². The van der Waals surface area contributed by atoms with Gasteiger partial charge in [0.15, 0.2) is 5.13 Å². The molecular formula is C22H34N4O6S. The number of fused-ring (bicyclic) bond motifs is 2. The Morgan fingerprint density at radius 1 is 1.18 bits per heavy atom. The first-order valence-electron chi connectivity index (χ1n) is 11.3. The lowest BCUT2D eigenvalue weighted by Gasteiger charge is -2.27. The summed E-state index contributed by atoms with van der Waals surface area (Å²) < 4.78 is 5.45. The molecule has 4 aliphatic rings. The lowest BCUT2D eigenvalue weighted by molar-refractivity contribution is -0.135. The fourth-order valence-corrected chi connectivity index (χ4v) is 6.40. The first-order valence-corrected chi connectivity index (χ1v) is 12.2. The minimum absolute atomic E-state index is 0.141. The van der Waals surface area contributed by atoms with Crippen LogP contribution in [0.2, 0.25) is 0 Å². The van der Waals surface area contributed by atoms with Crippen molar-refractivity contribution in [2.45, 2.75) is 19.3 Å². The van der Waals surface area contributed by atoms with E-state index in [4.69, 9.17) is 29.5 Å². The molecule has 0 radical (unpaired) electrons. The van der Waals surface area contributed by atoms with Crippen LogP contribution in [0.5, 0.6) is 0 Å². The summed E-state index contributed by atoms with van der Waals surface area (Å²) in [5, 5.41) is 14.9. The Balaban J connectivity index is 0.000000464. The van der Waals surface area contributed by atoms with Crippen molar-refractivity contribution in [1.82, 2.24) is 14.8 Å². The highest BCUT2D eigenvalue weighted by molar-refractivity contribution is 7.15. The molecule has 1 aromatic heterocycles. The van der Waals surface area contributed by atoms with Gasteiger partial charge in [0.1, 0.15) is 0 Å². The molecule has 1 aromatic rings. The number of carbonyl (C=O) groups is 3. The third-order valence-electron chi connectivity index (χ3n) is 6.82. The van der Waals surface area contributed by atoms with E-state index in [0.29, 0.717) is 5.91 Å². The molecule has 1 saturated carbocycles. The van der Waals surface area contributed by atoms with Crippen LogP contribution in [0.4, 0.5) is 5.13 Å². The van der Waals surface area contributed by atoms with Crippen molar-refractivity contribution in [2.24, 2.45) is 23.7 Å². The van der Waals surface area contributed by atoms with E-state index < -0.39 is 0 Å². The molecule has 4 atom stereocenters. The Bertz CT molecular complexity index is 795. The number of thiazole rings is 1. The first-order chi connectivity index (χ1) is 15.9. The van der Waals surface area contributed by atoms with Crippen molar-refractivity contribution in [3.05, 3.63) is 10.6 Å². The average molecular weight is 483 g/mol. The van der Waals surface area contributed by atoms with Crippen LogP contribution in [0.25, 0.3) is 0 Å². The highest BCUT2D eigenvalue weighted by Gasteiger charge is 2.56. The Hall–Kier alpha value is -2.24. The van der Waals surface area contributed by atoms with Gasteiger partial charge in [-0.1, -0.05) is 0 Å². The lowest BCUT2D eigenvalue weighted by Crippen LogP contribution is -2.39. The summed E-state index contributed by atoms with van der Waals surface area (Å²) in [6.45, 7) is 6.09. The molecule has 2 aliphatic carbocycles. The number of likely N-dealkylation sites (tertiary alicyclic amines) is 1. The fourth-order valence-electron chi connectivity index (χ4n) is 5.25. The second-order valence-corrected chi connectivity index (χ2v) is 10.2. The number of hydrogen-bond acceptors (Lipinski definition) is 8. The quantitative estimate of drug-likeness (QED) is 0.599. The summed E-state index contributed by atoms with van der Waals surface area (Å²) in [5.41, 5.74) is 1.18. The van der Waals surface area contributed by atoms with E-state index in [2.05, 4.69) is 28.8 Å². The molecule has 0 bridgehead atoms. The van der Waals surface area contributed by atoms with E-state index in [9.17, 15) is 4.79 Å². The van der Waals surface area contributed by atoms with E-state index in [1.54, 1.807) is 0 Å². The minimum atomic E-state index is -0.250. The fraction of sp³-hybridized carbons (Fsp3) is 0.727. The summed E-state index contributed by atoms with van der Waals surface area (Å²) in [6, 6.07) is 0. The van der Waals surface area contributed by atoms with E-state index >= 15 is 0 Å². The number of rotatable bonds is 4. The number of amides is 1. The summed E-state index contributed by atoms with van der Waals surface area (Å²) in [5.74, 6) is 2.85. The highest BCUT2D eigenvalue weighted by atomic mass is 32.1. The van der Waals surface area contributed by atoms with Crippen LogP contribution in [0.15, 0.2) is 0 Å². The predicted molar refractivity (Wildman–Crippen MR) is 124 cm³/mol. The van der Waals surface area contributed by atoms with Crippen LogP contribution in [0.3, 0.4) is 0 Å². The topological polar surface area (TPSA) is 124 Å². The zero-order valence-electron chi connectivity index (χ0n) is 19.3. The number of anilines is 1. The SMILES string of the molecule is CN(C)CC1[C@H]2CN(C(=O)C3CCc4sc(N5CCOCC5)nc4C3)C[C@@H]12.O=CO.O=CO. The second-order valence-electron chi connectivity index (χ2n) is 9.11. The van der Waals surface area contributed by atoms with E-state index in [-0.39, 0.29) is 18.9 Å². The summed E-state index contributed by atoms with van der Waals surface area (Å²) in [4.78, 5) is 42.9. The monoisotopic (exact) mass is 482 g/mol. The summed E-state index contributed by atoms with van der Waals surface area (Å²) in [7, 11) is 4.30. The lowest BCUT2D eigenvalue weighted by atomic mass is 9.89. The molecule has 10 nitrogen and oxygen atoms in total. The van der Waals surface area contributed by atoms with E-state index in [1.807, 2.05) is 11.3 Å². The second kappa shape index (κ2) is 11.8. The number of aromatic nitrogens is 1.